The van der Waals surface area contributed by atoms with Gasteiger partial charge in [-0.1, -0.05) is 0 Å². The first-order valence-corrected chi connectivity index (χ1v) is 7.55. The molecule has 122 valence electrons. The molecule has 1 N–H and O–H groups in total. The van der Waals surface area contributed by atoms with E-state index in [1.807, 2.05) is 19.9 Å². The Hall–Kier alpha value is -2.57. The van der Waals surface area contributed by atoms with E-state index in [1.54, 1.807) is 25.5 Å². The molecule has 0 unspecified atom stereocenters. The predicted octanol–water partition coefficient (Wildman–Crippen LogP) is 0.788. The van der Waals surface area contributed by atoms with Gasteiger partial charge in [-0.15, -0.1) is 0 Å². The van der Waals surface area contributed by atoms with Crippen molar-refractivity contribution in [3.8, 4) is 0 Å². The fourth-order valence-corrected chi connectivity index (χ4v) is 2.41. The lowest BCUT2D eigenvalue weighted by atomic mass is 10.2. The molecule has 1 atom stereocenters. The number of nitrogens with one attached hydrogen (secondary N) is 1. The number of carbonyl (C=O) groups excluding carboxylic acids is 1. The van der Waals surface area contributed by atoms with Gasteiger partial charge in [-0.25, -0.2) is 4.79 Å². The molecule has 2 heterocycles. The number of aromatic nitrogens is 4. The molecule has 0 saturated carbocycles. The smallest absolute Gasteiger partial charge is 0.347 e. The van der Waals surface area contributed by atoms with Crippen LogP contribution in [0.5, 0.6) is 0 Å². The maximum absolute atomic E-state index is 12.0. The number of hydrogen-bond donors (Lipinski definition) is 1. The highest BCUT2D eigenvalue weighted by molar-refractivity contribution is 5.76. The molecule has 0 radical (unpaired) electrons. The molecule has 2 aromatic rings. The second-order valence-corrected chi connectivity index (χ2v) is 5.59. The van der Waals surface area contributed by atoms with E-state index in [-0.39, 0.29) is 24.1 Å². The normalized spacial score (nSPS) is 12.0. The Morgan fingerprint density at radius 1 is 1.35 bits per heavy atom. The van der Waals surface area contributed by atoms with Crippen LogP contribution < -0.4 is 11.0 Å². The van der Waals surface area contributed by atoms with Crippen molar-refractivity contribution >= 4 is 5.91 Å². The van der Waals surface area contributed by atoms with Gasteiger partial charge in [-0.05, 0) is 26.8 Å². The van der Waals surface area contributed by atoms with E-state index < -0.39 is 0 Å². The van der Waals surface area contributed by atoms with Crippen LogP contribution in [0.25, 0.3) is 0 Å². The Morgan fingerprint density at radius 2 is 2.13 bits per heavy atom. The molecular weight excluding hydrogens is 294 g/mol. The minimum absolute atomic E-state index is 0.0480. The lowest BCUT2D eigenvalue weighted by Crippen LogP contribution is -2.36. The van der Waals surface area contributed by atoms with E-state index >= 15 is 0 Å². The lowest BCUT2D eigenvalue weighted by Gasteiger charge is -2.14. The first kappa shape index (κ1) is 16.8. The predicted molar refractivity (Wildman–Crippen MR) is 85.9 cm³/mol. The summed E-state index contributed by atoms with van der Waals surface area (Å²) in [6.45, 7) is 5.85. The highest BCUT2D eigenvalue weighted by atomic mass is 16.2. The Labute approximate surface area is 134 Å². The fraction of sp³-hybridized carbons (Fsp3) is 0.438. The number of carbonyl (C=O) groups is 1. The van der Waals surface area contributed by atoms with Crippen molar-refractivity contribution in [2.75, 3.05) is 0 Å². The Bertz CT molecular complexity index is 727. The van der Waals surface area contributed by atoms with Crippen molar-refractivity contribution in [1.82, 2.24) is 24.8 Å². The Balaban J connectivity index is 1.87. The second kappa shape index (κ2) is 7.62. The van der Waals surface area contributed by atoms with E-state index in [1.165, 1.54) is 4.57 Å². The van der Waals surface area contributed by atoms with Gasteiger partial charge in [0.25, 0.3) is 0 Å². The van der Waals surface area contributed by atoms with Crippen molar-refractivity contribution in [1.29, 1.82) is 0 Å². The molecule has 0 aliphatic rings. The van der Waals surface area contributed by atoms with Crippen molar-refractivity contribution in [3.05, 3.63) is 52.2 Å². The van der Waals surface area contributed by atoms with Crippen molar-refractivity contribution in [2.24, 2.45) is 0 Å². The largest absolute Gasteiger partial charge is 0.353 e. The van der Waals surface area contributed by atoms with Gasteiger partial charge >= 0.3 is 5.69 Å². The highest BCUT2D eigenvalue weighted by Gasteiger charge is 2.10. The van der Waals surface area contributed by atoms with Crippen LogP contribution in [-0.4, -0.2) is 31.5 Å². The average molecular weight is 315 g/mol. The number of amides is 1. The van der Waals surface area contributed by atoms with E-state index in [9.17, 15) is 9.59 Å². The zero-order valence-corrected chi connectivity index (χ0v) is 13.6. The second-order valence-electron chi connectivity index (χ2n) is 5.59. The molecule has 2 rings (SSSR count). The van der Waals surface area contributed by atoms with Gasteiger partial charge in [0, 0.05) is 55.4 Å². The molecule has 0 saturated heterocycles. The van der Waals surface area contributed by atoms with Gasteiger partial charge in [0.05, 0.1) is 5.69 Å². The van der Waals surface area contributed by atoms with Crippen LogP contribution in [0.3, 0.4) is 0 Å². The monoisotopic (exact) mass is 315 g/mol. The molecule has 0 fully saturated rings. The van der Waals surface area contributed by atoms with Gasteiger partial charge in [0.2, 0.25) is 5.91 Å². The van der Waals surface area contributed by atoms with Crippen molar-refractivity contribution in [3.63, 3.8) is 0 Å². The third-order valence-corrected chi connectivity index (χ3v) is 3.45. The average Bonchev–Trinajstić information content (AvgIpc) is 2.46. The summed E-state index contributed by atoms with van der Waals surface area (Å²) in [6, 6.07) is 1.78. The summed E-state index contributed by atoms with van der Waals surface area (Å²) in [5, 5.41) is 2.91. The molecule has 0 aromatic carbocycles. The molecular formula is C16H21N5O2. The zero-order valence-electron chi connectivity index (χ0n) is 13.6. The molecule has 1 amide bonds. The van der Waals surface area contributed by atoms with E-state index in [0.717, 1.165) is 11.4 Å². The maximum Gasteiger partial charge on any atom is 0.347 e. The van der Waals surface area contributed by atoms with Crippen LogP contribution in [0.1, 0.15) is 30.4 Å². The summed E-state index contributed by atoms with van der Waals surface area (Å²) in [7, 11) is 0. The number of nitrogens with zero attached hydrogens (tertiary/aromatic N) is 4. The van der Waals surface area contributed by atoms with Crippen LogP contribution in [0.4, 0.5) is 0 Å². The van der Waals surface area contributed by atoms with Crippen molar-refractivity contribution in [2.45, 2.75) is 46.2 Å². The summed E-state index contributed by atoms with van der Waals surface area (Å²) in [5.74, 6) is -0.103. The van der Waals surface area contributed by atoms with Crippen LogP contribution in [0.2, 0.25) is 0 Å². The van der Waals surface area contributed by atoms with E-state index in [0.29, 0.717) is 18.7 Å². The standard InChI is InChI=1S/C16H21N5O2/c1-11-8-13(3)21(16(23)20-11)7-4-15(22)19-12(2)9-14-10-17-5-6-18-14/h5-6,8,10,12H,4,7,9H2,1-3H3,(H,19,22)/t12-/m0/s1. The SMILES string of the molecule is Cc1cc(C)n(CCC(=O)N[C@@H](C)Cc2cnccn2)c(=O)n1. The molecule has 7 nitrogen and oxygen atoms in total. The molecule has 23 heavy (non-hydrogen) atoms. The third kappa shape index (κ3) is 4.98. The van der Waals surface area contributed by atoms with Gasteiger partial charge in [0.15, 0.2) is 0 Å². The quantitative estimate of drug-likeness (QED) is 0.851. The molecule has 0 bridgehead atoms. The first-order chi connectivity index (χ1) is 11.0. The number of rotatable bonds is 6. The summed E-state index contributed by atoms with van der Waals surface area (Å²) >= 11 is 0. The molecule has 0 spiro atoms. The zero-order chi connectivity index (χ0) is 16.8. The van der Waals surface area contributed by atoms with E-state index in [4.69, 9.17) is 0 Å². The van der Waals surface area contributed by atoms with Gasteiger partial charge in [-0.2, -0.15) is 4.98 Å². The first-order valence-electron chi connectivity index (χ1n) is 7.55. The van der Waals surface area contributed by atoms with Crippen molar-refractivity contribution < 1.29 is 4.79 Å². The molecule has 0 aliphatic heterocycles. The number of hydrogen-bond acceptors (Lipinski definition) is 5. The van der Waals surface area contributed by atoms with Gasteiger partial charge in [-0.3, -0.25) is 19.3 Å². The Kier molecular flexibility index (Phi) is 5.56. The van der Waals surface area contributed by atoms with Crippen LogP contribution >= 0.6 is 0 Å². The van der Waals surface area contributed by atoms with Gasteiger partial charge in [0.1, 0.15) is 0 Å². The minimum Gasteiger partial charge on any atom is -0.353 e. The maximum atomic E-state index is 12.0. The summed E-state index contributed by atoms with van der Waals surface area (Å²) < 4.78 is 1.51. The third-order valence-electron chi connectivity index (χ3n) is 3.45. The summed E-state index contributed by atoms with van der Waals surface area (Å²) in [6.07, 6.45) is 5.77. The van der Waals surface area contributed by atoms with E-state index in [2.05, 4.69) is 20.3 Å². The summed E-state index contributed by atoms with van der Waals surface area (Å²) in [5.41, 5.74) is 2.01. The van der Waals surface area contributed by atoms with Crippen LogP contribution in [-0.2, 0) is 17.8 Å². The summed E-state index contributed by atoms with van der Waals surface area (Å²) in [4.78, 5) is 35.9. The van der Waals surface area contributed by atoms with Crippen LogP contribution in [0.15, 0.2) is 29.5 Å². The number of aryl methyl sites for hydroxylation is 2. The van der Waals surface area contributed by atoms with Crippen LogP contribution in [0, 0.1) is 13.8 Å². The fourth-order valence-electron chi connectivity index (χ4n) is 2.41. The highest BCUT2D eigenvalue weighted by Crippen LogP contribution is 2.00. The van der Waals surface area contributed by atoms with Gasteiger partial charge < -0.3 is 5.32 Å². The molecule has 7 heteroatoms. The molecule has 2 aromatic heterocycles. The minimum atomic E-state index is -0.317. The lowest BCUT2D eigenvalue weighted by molar-refractivity contribution is -0.121. The molecule has 0 aliphatic carbocycles. The topological polar surface area (TPSA) is 89.8 Å². The Morgan fingerprint density at radius 3 is 2.78 bits per heavy atom.